The van der Waals surface area contributed by atoms with Gasteiger partial charge in [-0.25, -0.2) is 4.79 Å². The van der Waals surface area contributed by atoms with Crippen LogP contribution in [0.15, 0.2) is 0 Å². The van der Waals surface area contributed by atoms with Gasteiger partial charge in [0.05, 0.1) is 6.04 Å². The number of urea groups is 1. The lowest BCUT2D eigenvalue weighted by molar-refractivity contribution is -0.182. The standard InChI is InChI=1S/C24H38F3N5O5/c1-5-13(2)17(30-22(37)31-23(3,4)24(25,26)27)21(36)32-11-7-10-16(32)20(35)29-15(18(33)19(28)34)12-14-8-6-9-14/h13-17H,5-12H2,1-4H3,(H2,28,34)(H,29,35)(H2,30,31,37). The van der Waals surface area contributed by atoms with Crippen molar-refractivity contribution >= 4 is 29.5 Å². The molecule has 5 N–H and O–H groups in total. The molecule has 1 saturated carbocycles. The molecule has 4 atom stereocenters. The quantitative estimate of drug-likeness (QED) is 0.299. The number of nitrogens with two attached hydrogens (primary N) is 1. The fourth-order valence-corrected chi connectivity index (χ4v) is 4.43. The number of rotatable bonds is 11. The molecule has 0 radical (unpaired) electrons. The van der Waals surface area contributed by atoms with Crippen LogP contribution >= 0.6 is 0 Å². The molecular weight excluding hydrogens is 495 g/mol. The molecule has 0 aromatic heterocycles. The molecule has 1 heterocycles. The van der Waals surface area contributed by atoms with Crippen molar-refractivity contribution in [1.82, 2.24) is 20.9 Å². The maximum atomic E-state index is 13.5. The topological polar surface area (TPSA) is 151 Å². The Labute approximate surface area is 214 Å². The van der Waals surface area contributed by atoms with E-state index in [1.165, 1.54) is 4.90 Å². The zero-order valence-corrected chi connectivity index (χ0v) is 21.7. The molecule has 2 aliphatic rings. The average molecular weight is 534 g/mol. The van der Waals surface area contributed by atoms with E-state index in [0.717, 1.165) is 33.1 Å². The molecule has 4 unspecified atom stereocenters. The summed E-state index contributed by atoms with van der Waals surface area (Å²) in [5, 5.41) is 6.80. The molecular formula is C24H38F3N5O5. The summed E-state index contributed by atoms with van der Waals surface area (Å²) in [6.45, 7) is 5.24. The second-order valence-corrected chi connectivity index (χ2v) is 10.6. The Balaban J connectivity index is 2.15. The first-order chi connectivity index (χ1) is 17.1. The number of carbonyl (C=O) groups excluding carboxylic acids is 5. The summed E-state index contributed by atoms with van der Waals surface area (Å²) >= 11 is 0. The number of alkyl halides is 3. The van der Waals surface area contributed by atoms with Gasteiger partial charge in [-0.05, 0) is 44.9 Å². The number of hydrogen-bond donors (Lipinski definition) is 4. The van der Waals surface area contributed by atoms with Gasteiger partial charge in [-0.1, -0.05) is 39.5 Å². The maximum absolute atomic E-state index is 13.5. The van der Waals surface area contributed by atoms with Crippen molar-refractivity contribution in [2.24, 2.45) is 17.6 Å². The molecule has 0 spiro atoms. The smallest absolute Gasteiger partial charge is 0.363 e. The number of halogens is 3. The van der Waals surface area contributed by atoms with Crippen molar-refractivity contribution in [3.63, 3.8) is 0 Å². The Morgan fingerprint density at radius 1 is 1.03 bits per heavy atom. The van der Waals surface area contributed by atoms with Crippen LogP contribution in [0.1, 0.15) is 72.6 Å². The number of likely N-dealkylation sites (tertiary alicyclic amines) is 1. The highest BCUT2D eigenvalue weighted by Gasteiger charge is 2.49. The van der Waals surface area contributed by atoms with E-state index in [1.807, 2.05) is 5.32 Å². The van der Waals surface area contributed by atoms with Gasteiger partial charge in [-0.2, -0.15) is 13.2 Å². The first-order valence-electron chi connectivity index (χ1n) is 12.7. The van der Waals surface area contributed by atoms with Gasteiger partial charge >= 0.3 is 12.2 Å². The van der Waals surface area contributed by atoms with Crippen LogP contribution in [-0.2, 0) is 19.2 Å². The van der Waals surface area contributed by atoms with Crippen LogP contribution < -0.4 is 21.7 Å². The van der Waals surface area contributed by atoms with Crippen molar-refractivity contribution in [3.8, 4) is 0 Å². The fourth-order valence-electron chi connectivity index (χ4n) is 4.43. The van der Waals surface area contributed by atoms with Crippen molar-refractivity contribution in [3.05, 3.63) is 0 Å². The third-order valence-electron chi connectivity index (χ3n) is 7.41. The van der Waals surface area contributed by atoms with Gasteiger partial charge in [-0.15, -0.1) is 0 Å². The van der Waals surface area contributed by atoms with E-state index in [4.69, 9.17) is 5.73 Å². The van der Waals surface area contributed by atoms with Crippen LogP contribution in [0.3, 0.4) is 0 Å². The Bertz CT molecular complexity index is 890. The summed E-state index contributed by atoms with van der Waals surface area (Å²) < 4.78 is 39.6. The van der Waals surface area contributed by atoms with Gasteiger partial charge in [-0.3, -0.25) is 19.2 Å². The summed E-state index contributed by atoms with van der Waals surface area (Å²) in [6, 6.07) is -4.39. The summed E-state index contributed by atoms with van der Waals surface area (Å²) in [7, 11) is 0. The van der Waals surface area contributed by atoms with Gasteiger partial charge in [0.15, 0.2) is 0 Å². The average Bonchev–Trinajstić information content (AvgIpc) is 3.26. The first-order valence-corrected chi connectivity index (χ1v) is 12.7. The second-order valence-electron chi connectivity index (χ2n) is 10.6. The molecule has 1 aliphatic heterocycles. The number of Topliss-reactive ketones (excluding diaryl/α,β-unsaturated/α-hetero) is 1. The number of hydrogen-bond acceptors (Lipinski definition) is 5. The molecule has 0 aromatic rings. The zero-order valence-electron chi connectivity index (χ0n) is 21.7. The normalized spacial score (nSPS) is 20.8. The Morgan fingerprint density at radius 3 is 2.14 bits per heavy atom. The number of primary amides is 1. The minimum Gasteiger partial charge on any atom is -0.363 e. The zero-order chi connectivity index (χ0) is 28.1. The Kier molecular flexibility index (Phi) is 9.95. The van der Waals surface area contributed by atoms with E-state index >= 15 is 0 Å². The van der Waals surface area contributed by atoms with Gasteiger partial charge in [0.25, 0.3) is 5.91 Å². The number of nitrogens with zero attached hydrogens (tertiary/aromatic N) is 1. The van der Waals surface area contributed by atoms with E-state index < -0.39 is 65.3 Å². The molecule has 0 aromatic carbocycles. The van der Waals surface area contributed by atoms with Crippen LogP contribution in [0.25, 0.3) is 0 Å². The summed E-state index contributed by atoms with van der Waals surface area (Å²) in [5.74, 6) is -3.54. The number of ketones is 1. The third kappa shape index (κ3) is 7.57. The Hall–Kier alpha value is -2.86. The molecule has 210 valence electrons. The Morgan fingerprint density at radius 2 is 1.65 bits per heavy atom. The lowest BCUT2D eigenvalue weighted by Gasteiger charge is -2.34. The molecule has 0 bridgehead atoms. The minimum atomic E-state index is -4.71. The highest BCUT2D eigenvalue weighted by molar-refractivity contribution is 6.37. The summed E-state index contributed by atoms with van der Waals surface area (Å²) in [5.41, 5.74) is 2.63. The minimum absolute atomic E-state index is 0.188. The van der Waals surface area contributed by atoms with Crippen LogP contribution in [0, 0.1) is 11.8 Å². The lowest BCUT2D eigenvalue weighted by atomic mass is 9.80. The van der Waals surface area contributed by atoms with Gasteiger partial charge in [0.2, 0.25) is 17.6 Å². The van der Waals surface area contributed by atoms with Crippen LogP contribution in [0.4, 0.5) is 18.0 Å². The highest BCUT2D eigenvalue weighted by atomic mass is 19.4. The fraction of sp³-hybridized carbons (Fsp3) is 0.792. The van der Waals surface area contributed by atoms with E-state index in [-0.39, 0.29) is 18.9 Å². The van der Waals surface area contributed by atoms with Crippen molar-refractivity contribution in [1.29, 1.82) is 0 Å². The largest absolute Gasteiger partial charge is 0.411 e. The van der Waals surface area contributed by atoms with Crippen molar-refractivity contribution in [2.45, 2.75) is 102 Å². The molecule has 1 saturated heterocycles. The van der Waals surface area contributed by atoms with Gasteiger partial charge < -0.3 is 26.6 Å². The predicted octanol–water partition coefficient (Wildman–Crippen LogP) is 1.76. The van der Waals surface area contributed by atoms with E-state index in [1.54, 1.807) is 13.8 Å². The molecule has 2 fully saturated rings. The van der Waals surface area contributed by atoms with Crippen LogP contribution in [0.5, 0.6) is 0 Å². The first kappa shape index (κ1) is 30.4. The summed E-state index contributed by atoms with van der Waals surface area (Å²) in [4.78, 5) is 64.1. The molecule has 5 amide bonds. The molecule has 2 rings (SSSR count). The van der Waals surface area contributed by atoms with Crippen LogP contribution in [-0.4, -0.2) is 70.8 Å². The lowest BCUT2D eigenvalue weighted by Crippen LogP contribution is -2.62. The predicted molar refractivity (Wildman–Crippen MR) is 128 cm³/mol. The monoisotopic (exact) mass is 533 g/mol. The number of amides is 5. The molecule has 37 heavy (non-hydrogen) atoms. The van der Waals surface area contributed by atoms with Crippen molar-refractivity contribution < 1.29 is 37.1 Å². The third-order valence-corrected chi connectivity index (χ3v) is 7.41. The number of carbonyl (C=O) groups is 5. The summed E-state index contributed by atoms with van der Waals surface area (Å²) in [6.07, 6.45) is -0.485. The van der Waals surface area contributed by atoms with Gasteiger partial charge in [0, 0.05) is 6.54 Å². The molecule has 10 nitrogen and oxygen atoms in total. The van der Waals surface area contributed by atoms with E-state index in [2.05, 4.69) is 10.6 Å². The SMILES string of the molecule is CCC(C)C(NC(=O)NC(C)(C)C(F)(F)F)C(=O)N1CCCC1C(=O)NC(CC1CCC1)C(=O)C(N)=O. The number of nitrogens with one attached hydrogen (secondary N) is 3. The van der Waals surface area contributed by atoms with Crippen molar-refractivity contribution in [2.75, 3.05) is 6.54 Å². The van der Waals surface area contributed by atoms with Gasteiger partial charge in [0.1, 0.15) is 17.6 Å². The second kappa shape index (κ2) is 12.1. The maximum Gasteiger partial charge on any atom is 0.411 e. The molecule has 1 aliphatic carbocycles. The van der Waals surface area contributed by atoms with E-state index in [9.17, 15) is 37.1 Å². The molecule has 13 heteroatoms. The van der Waals surface area contributed by atoms with Crippen LogP contribution in [0.2, 0.25) is 0 Å². The highest BCUT2D eigenvalue weighted by Crippen LogP contribution is 2.31. The van der Waals surface area contributed by atoms with E-state index in [0.29, 0.717) is 19.3 Å².